The molecule has 0 aliphatic carbocycles. The van der Waals surface area contributed by atoms with E-state index in [4.69, 9.17) is 5.73 Å². The number of hydrogen-bond acceptors (Lipinski definition) is 5. The number of nitrogens with two attached hydrogens (primary N) is 1. The summed E-state index contributed by atoms with van der Waals surface area (Å²) in [5, 5.41) is 6.51. The molecule has 0 spiro atoms. The number of nitrogens with zero attached hydrogens (tertiary/aromatic N) is 2. The van der Waals surface area contributed by atoms with Crippen LogP contribution in [0.15, 0.2) is 23.7 Å². The predicted molar refractivity (Wildman–Crippen MR) is 67.7 cm³/mol. The molecule has 0 atom stereocenters. The van der Waals surface area contributed by atoms with E-state index >= 15 is 0 Å². The van der Waals surface area contributed by atoms with E-state index in [1.807, 2.05) is 13.0 Å². The fourth-order valence-corrected chi connectivity index (χ4v) is 2.12. The van der Waals surface area contributed by atoms with E-state index in [0.29, 0.717) is 5.82 Å². The highest BCUT2D eigenvalue weighted by atomic mass is 32.1. The van der Waals surface area contributed by atoms with Crippen molar-refractivity contribution >= 4 is 22.8 Å². The molecular formula is C11H14N4S. The van der Waals surface area contributed by atoms with Crippen molar-refractivity contribution in [2.75, 3.05) is 17.6 Å². The molecule has 5 heteroatoms. The third-order valence-corrected chi connectivity index (χ3v) is 3.15. The average molecular weight is 234 g/mol. The topological polar surface area (TPSA) is 63.8 Å². The van der Waals surface area contributed by atoms with Crippen LogP contribution in [-0.4, -0.2) is 16.5 Å². The second-order valence-electron chi connectivity index (χ2n) is 3.53. The number of aryl methyl sites for hydroxylation is 1. The van der Waals surface area contributed by atoms with Crippen LogP contribution >= 0.6 is 11.3 Å². The standard InChI is InChI=1S/C11H14N4S/c1-8-7-16-11(15-8)4-5-13-9-2-3-10(12)14-6-9/h2-3,6-7,13H,4-5H2,1H3,(H2,12,14). The third-order valence-electron chi connectivity index (χ3n) is 2.12. The number of nitrogen functional groups attached to an aromatic ring is 1. The van der Waals surface area contributed by atoms with Gasteiger partial charge in [0.1, 0.15) is 5.82 Å². The number of rotatable bonds is 4. The van der Waals surface area contributed by atoms with Crippen molar-refractivity contribution in [3.05, 3.63) is 34.4 Å². The molecule has 4 nitrogen and oxygen atoms in total. The molecule has 84 valence electrons. The molecule has 3 N–H and O–H groups in total. The van der Waals surface area contributed by atoms with Gasteiger partial charge in [-0.3, -0.25) is 0 Å². The zero-order chi connectivity index (χ0) is 11.4. The van der Waals surface area contributed by atoms with Gasteiger partial charge in [-0.1, -0.05) is 0 Å². The summed E-state index contributed by atoms with van der Waals surface area (Å²) in [7, 11) is 0. The average Bonchev–Trinajstić information content (AvgIpc) is 2.67. The quantitative estimate of drug-likeness (QED) is 0.850. The van der Waals surface area contributed by atoms with Crippen LogP contribution in [0.1, 0.15) is 10.7 Å². The summed E-state index contributed by atoms with van der Waals surface area (Å²) >= 11 is 1.70. The lowest BCUT2D eigenvalue weighted by molar-refractivity contribution is 0.985. The molecule has 0 saturated carbocycles. The summed E-state index contributed by atoms with van der Waals surface area (Å²) in [4.78, 5) is 8.41. The lowest BCUT2D eigenvalue weighted by Crippen LogP contribution is -2.05. The highest BCUT2D eigenvalue weighted by molar-refractivity contribution is 7.09. The molecule has 2 rings (SSSR count). The zero-order valence-electron chi connectivity index (χ0n) is 9.10. The van der Waals surface area contributed by atoms with E-state index in [2.05, 4.69) is 20.7 Å². The molecule has 0 aliphatic heterocycles. The molecular weight excluding hydrogens is 220 g/mol. The van der Waals surface area contributed by atoms with Gasteiger partial charge in [-0.25, -0.2) is 9.97 Å². The smallest absolute Gasteiger partial charge is 0.123 e. The molecule has 0 unspecified atom stereocenters. The summed E-state index contributed by atoms with van der Waals surface area (Å²) in [6.45, 7) is 2.87. The number of aromatic nitrogens is 2. The SMILES string of the molecule is Cc1csc(CCNc2ccc(N)nc2)n1. The second-order valence-corrected chi connectivity index (χ2v) is 4.47. The maximum atomic E-state index is 5.50. The van der Waals surface area contributed by atoms with Crippen LogP contribution in [0.3, 0.4) is 0 Å². The van der Waals surface area contributed by atoms with Gasteiger partial charge in [0.2, 0.25) is 0 Å². The Kier molecular flexibility index (Phi) is 3.36. The maximum absolute atomic E-state index is 5.50. The van der Waals surface area contributed by atoms with Gasteiger partial charge in [0.05, 0.1) is 16.9 Å². The van der Waals surface area contributed by atoms with Crippen LogP contribution in [0.4, 0.5) is 11.5 Å². The monoisotopic (exact) mass is 234 g/mol. The van der Waals surface area contributed by atoms with E-state index < -0.39 is 0 Å². The Morgan fingerprint density at radius 3 is 2.94 bits per heavy atom. The molecule has 0 radical (unpaired) electrons. The fraction of sp³-hybridized carbons (Fsp3) is 0.273. The molecule has 0 aromatic carbocycles. The first-order chi connectivity index (χ1) is 7.74. The summed E-state index contributed by atoms with van der Waals surface area (Å²) in [5.41, 5.74) is 7.58. The van der Waals surface area contributed by atoms with Crippen LogP contribution < -0.4 is 11.1 Å². The first kappa shape index (κ1) is 10.9. The van der Waals surface area contributed by atoms with Crippen LogP contribution in [0.25, 0.3) is 0 Å². The van der Waals surface area contributed by atoms with Crippen LogP contribution in [0.5, 0.6) is 0 Å². The van der Waals surface area contributed by atoms with Crippen LogP contribution in [0.2, 0.25) is 0 Å². The number of anilines is 2. The molecule has 0 fully saturated rings. The van der Waals surface area contributed by atoms with Gasteiger partial charge in [-0.15, -0.1) is 11.3 Å². The summed E-state index contributed by atoms with van der Waals surface area (Å²) in [6, 6.07) is 3.71. The van der Waals surface area contributed by atoms with Crippen LogP contribution in [-0.2, 0) is 6.42 Å². The van der Waals surface area contributed by atoms with Crippen molar-refractivity contribution in [2.24, 2.45) is 0 Å². The minimum Gasteiger partial charge on any atom is -0.384 e. The minimum absolute atomic E-state index is 0.543. The Labute approximate surface area is 98.6 Å². The number of nitrogens with one attached hydrogen (secondary N) is 1. The van der Waals surface area contributed by atoms with Crippen molar-refractivity contribution < 1.29 is 0 Å². The fourth-order valence-electron chi connectivity index (χ4n) is 1.34. The van der Waals surface area contributed by atoms with Crippen molar-refractivity contribution in [3.8, 4) is 0 Å². The van der Waals surface area contributed by atoms with Crippen molar-refractivity contribution in [2.45, 2.75) is 13.3 Å². The third kappa shape index (κ3) is 2.93. The largest absolute Gasteiger partial charge is 0.384 e. The minimum atomic E-state index is 0.543. The Balaban J connectivity index is 1.82. The molecule has 0 saturated heterocycles. The Morgan fingerprint density at radius 2 is 2.31 bits per heavy atom. The Morgan fingerprint density at radius 1 is 1.44 bits per heavy atom. The van der Waals surface area contributed by atoms with Gasteiger partial charge in [0.25, 0.3) is 0 Å². The lowest BCUT2D eigenvalue weighted by Gasteiger charge is -2.04. The number of thiazole rings is 1. The van der Waals surface area contributed by atoms with E-state index in [9.17, 15) is 0 Å². The van der Waals surface area contributed by atoms with Gasteiger partial charge in [-0.05, 0) is 19.1 Å². The van der Waals surface area contributed by atoms with E-state index in [-0.39, 0.29) is 0 Å². The predicted octanol–water partition coefficient (Wildman–Crippen LogP) is 2.08. The number of hydrogen-bond donors (Lipinski definition) is 2. The maximum Gasteiger partial charge on any atom is 0.123 e. The molecule has 0 bridgehead atoms. The van der Waals surface area contributed by atoms with E-state index in [1.54, 1.807) is 23.6 Å². The summed E-state index contributed by atoms with van der Waals surface area (Å²) < 4.78 is 0. The molecule has 0 amide bonds. The van der Waals surface area contributed by atoms with Crippen LogP contribution in [0, 0.1) is 6.92 Å². The lowest BCUT2D eigenvalue weighted by atomic mass is 10.3. The molecule has 0 aliphatic rings. The van der Waals surface area contributed by atoms with Gasteiger partial charge < -0.3 is 11.1 Å². The summed E-state index contributed by atoms with van der Waals surface area (Å²) in [6.07, 6.45) is 2.67. The van der Waals surface area contributed by atoms with E-state index in [0.717, 1.165) is 29.4 Å². The van der Waals surface area contributed by atoms with Crippen molar-refractivity contribution in [1.29, 1.82) is 0 Å². The number of pyridine rings is 1. The van der Waals surface area contributed by atoms with Gasteiger partial charge >= 0.3 is 0 Å². The highest BCUT2D eigenvalue weighted by Gasteiger charge is 1.98. The van der Waals surface area contributed by atoms with Gasteiger partial charge in [0, 0.05) is 24.0 Å². The zero-order valence-corrected chi connectivity index (χ0v) is 9.92. The molecule has 2 heterocycles. The molecule has 2 aromatic heterocycles. The van der Waals surface area contributed by atoms with Crippen molar-refractivity contribution in [3.63, 3.8) is 0 Å². The van der Waals surface area contributed by atoms with E-state index in [1.165, 1.54) is 0 Å². The normalized spacial score (nSPS) is 10.3. The second kappa shape index (κ2) is 4.94. The molecule has 2 aromatic rings. The van der Waals surface area contributed by atoms with Gasteiger partial charge in [-0.2, -0.15) is 0 Å². The summed E-state index contributed by atoms with van der Waals surface area (Å²) in [5.74, 6) is 0.543. The first-order valence-electron chi connectivity index (χ1n) is 5.10. The Bertz CT molecular complexity index is 449. The molecule has 16 heavy (non-hydrogen) atoms. The highest BCUT2D eigenvalue weighted by Crippen LogP contribution is 2.10. The van der Waals surface area contributed by atoms with Crippen molar-refractivity contribution in [1.82, 2.24) is 9.97 Å². The van der Waals surface area contributed by atoms with Gasteiger partial charge in [0.15, 0.2) is 0 Å². The first-order valence-corrected chi connectivity index (χ1v) is 5.98. The Hall–Kier alpha value is -1.62.